The van der Waals surface area contributed by atoms with Crippen LogP contribution >= 0.6 is 11.8 Å². The summed E-state index contributed by atoms with van der Waals surface area (Å²) in [6, 6.07) is 13.7. The average Bonchev–Trinajstić information content (AvgIpc) is 3.46. The highest BCUT2D eigenvalue weighted by molar-refractivity contribution is 8.15. The number of hydrogen-bond acceptors (Lipinski definition) is 6. The lowest BCUT2D eigenvalue weighted by Crippen LogP contribution is -2.22. The third-order valence-corrected chi connectivity index (χ3v) is 6.87. The number of thioether (sulfide) groups is 1. The summed E-state index contributed by atoms with van der Waals surface area (Å²) in [5, 5.41) is 13.8. The molecule has 0 saturated carbocycles. The van der Waals surface area contributed by atoms with Crippen LogP contribution in [0.25, 0.3) is 0 Å². The van der Waals surface area contributed by atoms with E-state index in [0.29, 0.717) is 28.7 Å². The number of aliphatic imine (C=N–C) groups is 1. The number of halogens is 3. The number of benzene rings is 2. The van der Waals surface area contributed by atoms with Gasteiger partial charge in [0.1, 0.15) is 18.6 Å². The monoisotopic (exact) mass is 490 g/mol. The van der Waals surface area contributed by atoms with E-state index in [1.165, 1.54) is 30.2 Å². The lowest BCUT2D eigenvalue weighted by molar-refractivity contribution is -0.138. The summed E-state index contributed by atoms with van der Waals surface area (Å²) in [5.41, 5.74) is 1.28. The highest BCUT2D eigenvalue weighted by Gasteiger charge is 2.32. The number of ether oxygens (including phenoxy) is 1. The molecule has 2 unspecified atom stereocenters. The minimum Gasteiger partial charge on any atom is -0.492 e. The van der Waals surface area contributed by atoms with E-state index in [0.717, 1.165) is 17.7 Å². The van der Waals surface area contributed by atoms with Crippen LogP contribution in [-0.2, 0) is 11.0 Å². The highest BCUT2D eigenvalue weighted by Crippen LogP contribution is 2.34. The van der Waals surface area contributed by atoms with E-state index in [-0.39, 0.29) is 17.7 Å². The molecule has 1 aliphatic rings. The molecule has 0 fully saturated rings. The fourth-order valence-corrected chi connectivity index (χ4v) is 4.78. The van der Waals surface area contributed by atoms with Crippen LogP contribution in [0.15, 0.2) is 70.4 Å². The Balaban J connectivity index is 1.36. The molecule has 1 aliphatic heterocycles. The standard InChI is InChI=1S/C24H21F3N2O4S/c1-14-21(34-23(28-14)16-2-6-17(7-3-16)24(25,26)27)13-32-18-8-4-15(5-9-18)19(12-22(30)31)20-10-11-33-29-20/h2-11,14,19,21H,12-13H2,1H3,(H,30,31)/t14?,19-,21?/m1/s1. The second kappa shape index (κ2) is 9.92. The lowest BCUT2D eigenvalue weighted by Gasteiger charge is -2.16. The Kier molecular flexibility index (Phi) is 6.97. The summed E-state index contributed by atoms with van der Waals surface area (Å²) >= 11 is 1.48. The Bertz CT molecular complexity index is 1150. The van der Waals surface area contributed by atoms with Gasteiger partial charge in [-0.2, -0.15) is 13.2 Å². The van der Waals surface area contributed by atoms with Crippen LogP contribution in [0.1, 0.15) is 41.6 Å². The van der Waals surface area contributed by atoms with Gasteiger partial charge in [0.25, 0.3) is 0 Å². The van der Waals surface area contributed by atoms with Crippen molar-refractivity contribution in [2.75, 3.05) is 6.61 Å². The van der Waals surface area contributed by atoms with Gasteiger partial charge in [0.15, 0.2) is 0 Å². The highest BCUT2D eigenvalue weighted by atomic mass is 32.2. The number of nitrogens with zero attached hydrogens (tertiary/aromatic N) is 2. The third-order valence-electron chi connectivity index (χ3n) is 5.47. The fourth-order valence-electron chi connectivity index (χ4n) is 3.60. The van der Waals surface area contributed by atoms with Gasteiger partial charge in [-0.15, -0.1) is 0 Å². The molecule has 0 radical (unpaired) electrons. The second-order valence-electron chi connectivity index (χ2n) is 7.86. The normalized spacial score (nSPS) is 19.0. The van der Waals surface area contributed by atoms with Crippen molar-refractivity contribution in [3.8, 4) is 5.75 Å². The SMILES string of the molecule is CC1N=C(c2ccc(C(F)(F)F)cc2)SC1COc1ccc([C@@H](CC(=O)O)c2ccon2)cc1. The molecule has 3 atom stereocenters. The molecule has 1 aromatic heterocycles. The van der Waals surface area contributed by atoms with Gasteiger partial charge in [-0.05, 0) is 36.8 Å². The first-order chi connectivity index (χ1) is 16.2. The summed E-state index contributed by atoms with van der Waals surface area (Å²) < 4.78 is 49.2. The Morgan fingerprint density at radius 2 is 1.85 bits per heavy atom. The Morgan fingerprint density at radius 3 is 2.44 bits per heavy atom. The van der Waals surface area contributed by atoms with E-state index < -0.39 is 23.6 Å². The van der Waals surface area contributed by atoms with Gasteiger partial charge in [-0.1, -0.05) is 41.2 Å². The number of rotatable bonds is 8. The zero-order chi connectivity index (χ0) is 24.3. The van der Waals surface area contributed by atoms with E-state index in [2.05, 4.69) is 10.1 Å². The van der Waals surface area contributed by atoms with Gasteiger partial charge >= 0.3 is 12.1 Å². The first-order valence-corrected chi connectivity index (χ1v) is 11.4. The van der Waals surface area contributed by atoms with Crippen molar-refractivity contribution in [1.82, 2.24) is 5.16 Å². The summed E-state index contributed by atoms with van der Waals surface area (Å²) in [7, 11) is 0. The molecule has 0 saturated heterocycles. The van der Waals surface area contributed by atoms with Crippen LogP contribution < -0.4 is 4.74 Å². The van der Waals surface area contributed by atoms with E-state index in [1.807, 2.05) is 6.92 Å². The number of aromatic nitrogens is 1. The van der Waals surface area contributed by atoms with E-state index in [9.17, 15) is 23.1 Å². The molecule has 6 nitrogen and oxygen atoms in total. The molecule has 2 heterocycles. The lowest BCUT2D eigenvalue weighted by atomic mass is 9.92. The van der Waals surface area contributed by atoms with Gasteiger partial charge < -0.3 is 14.4 Å². The van der Waals surface area contributed by atoms with Gasteiger partial charge in [0, 0.05) is 17.5 Å². The van der Waals surface area contributed by atoms with Crippen molar-refractivity contribution in [3.05, 3.63) is 83.2 Å². The largest absolute Gasteiger partial charge is 0.492 e. The van der Waals surface area contributed by atoms with E-state index >= 15 is 0 Å². The topological polar surface area (TPSA) is 84.9 Å². The number of aliphatic carboxylic acids is 1. The molecule has 0 aliphatic carbocycles. The summed E-state index contributed by atoms with van der Waals surface area (Å²) in [6.07, 6.45) is -3.08. The van der Waals surface area contributed by atoms with Crippen LogP contribution in [0.3, 0.4) is 0 Å². The molecule has 0 spiro atoms. The van der Waals surface area contributed by atoms with E-state index in [4.69, 9.17) is 9.26 Å². The van der Waals surface area contributed by atoms with Crippen molar-refractivity contribution in [1.29, 1.82) is 0 Å². The maximum absolute atomic E-state index is 12.8. The second-order valence-corrected chi connectivity index (χ2v) is 9.09. The predicted molar refractivity (Wildman–Crippen MR) is 121 cm³/mol. The molecular weight excluding hydrogens is 469 g/mol. The summed E-state index contributed by atoms with van der Waals surface area (Å²) in [5.74, 6) is -0.756. The number of alkyl halides is 3. The molecular formula is C24H21F3N2O4S. The zero-order valence-corrected chi connectivity index (χ0v) is 18.8. The Labute approximate surface area is 197 Å². The quantitative estimate of drug-likeness (QED) is 0.441. The van der Waals surface area contributed by atoms with Gasteiger partial charge in [0.2, 0.25) is 0 Å². The average molecular weight is 491 g/mol. The maximum atomic E-state index is 12.8. The molecule has 3 aromatic rings. The minimum absolute atomic E-state index is 0.00635. The van der Waals surface area contributed by atoms with Crippen molar-refractivity contribution in [3.63, 3.8) is 0 Å². The molecule has 0 bridgehead atoms. The molecule has 10 heteroatoms. The Hall–Kier alpha value is -3.27. The van der Waals surface area contributed by atoms with Crippen LogP contribution in [0.5, 0.6) is 5.75 Å². The van der Waals surface area contributed by atoms with Crippen LogP contribution in [0.4, 0.5) is 13.2 Å². The number of hydrogen-bond donors (Lipinski definition) is 1. The molecule has 2 aromatic carbocycles. The van der Waals surface area contributed by atoms with Crippen LogP contribution in [0.2, 0.25) is 0 Å². The number of carbonyl (C=O) groups is 1. The van der Waals surface area contributed by atoms with E-state index in [1.54, 1.807) is 30.3 Å². The molecule has 4 rings (SSSR count). The van der Waals surface area contributed by atoms with Crippen molar-refractivity contribution < 1.29 is 32.3 Å². The summed E-state index contributed by atoms with van der Waals surface area (Å²) in [6.45, 7) is 2.30. The molecule has 1 N–H and O–H groups in total. The zero-order valence-electron chi connectivity index (χ0n) is 18.0. The van der Waals surface area contributed by atoms with Crippen molar-refractivity contribution in [2.45, 2.75) is 36.7 Å². The summed E-state index contributed by atoms with van der Waals surface area (Å²) in [4.78, 5) is 15.9. The number of carboxylic acids is 1. The van der Waals surface area contributed by atoms with Crippen LogP contribution in [-0.4, -0.2) is 39.2 Å². The van der Waals surface area contributed by atoms with Crippen LogP contribution in [0, 0.1) is 0 Å². The smallest absolute Gasteiger partial charge is 0.416 e. The first-order valence-electron chi connectivity index (χ1n) is 10.5. The fraction of sp³-hybridized carbons (Fsp3) is 0.292. The minimum atomic E-state index is -4.37. The van der Waals surface area contributed by atoms with Gasteiger partial charge in [-0.3, -0.25) is 9.79 Å². The molecule has 34 heavy (non-hydrogen) atoms. The van der Waals surface area contributed by atoms with Gasteiger partial charge in [-0.25, -0.2) is 0 Å². The van der Waals surface area contributed by atoms with Crippen molar-refractivity contribution in [2.24, 2.45) is 4.99 Å². The predicted octanol–water partition coefficient (Wildman–Crippen LogP) is 5.63. The van der Waals surface area contributed by atoms with Crippen molar-refractivity contribution >= 4 is 22.8 Å². The first kappa shape index (κ1) is 23.9. The Morgan fingerprint density at radius 1 is 1.15 bits per heavy atom. The molecule has 0 amide bonds. The number of carboxylic acid groups (broad SMARTS) is 1. The van der Waals surface area contributed by atoms with Gasteiger partial charge in [0.05, 0.1) is 34.0 Å². The third kappa shape index (κ3) is 5.61. The maximum Gasteiger partial charge on any atom is 0.416 e. The molecule has 178 valence electrons.